The smallest absolute Gasteiger partial charge is 0.244 e. The van der Waals surface area contributed by atoms with Crippen molar-refractivity contribution < 1.29 is 18.7 Å². The molecule has 0 atom stereocenters. The van der Waals surface area contributed by atoms with Crippen molar-refractivity contribution in [2.24, 2.45) is 0 Å². The lowest BCUT2D eigenvalue weighted by atomic mass is 9.97. The van der Waals surface area contributed by atoms with Gasteiger partial charge in [0.25, 0.3) is 0 Å². The van der Waals surface area contributed by atoms with Crippen LogP contribution < -0.4 is 10.1 Å². The van der Waals surface area contributed by atoms with Crippen molar-refractivity contribution in [1.29, 1.82) is 0 Å². The highest BCUT2D eigenvalue weighted by Gasteiger charge is 2.15. The monoisotopic (exact) mass is 429 g/mol. The summed E-state index contributed by atoms with van der Waals surface area (Å²) in [5.41, 5.74) is 4.50. The highest BCUT2D eigenvalue weighted by atomic mass is 16.5. The Morgan fingerprint density at radius 3 is 2.66 bits per heavy atom. The second-order valence-electron chi connectivity index (χ2n) is 7.72. The number of amides is 1. The maximum absolute atomic E-state index is 12.3. The molecule has 4 rings (SSSR count). The van der Waals surface area contributed by atoms with Crippen LogP contribution in [0.1, 0.15) is 18.9 Å². The Bertz CT molecular complexity index is 1290. The lowest BCUT2D eigenvalue weighted by Crippen LogP contribution is -2.23. The Hall–Kier alpha value is -3.57. The minimum Gasteiger partial charge on any atom is -0.496 e. The molecule has 5 heteroatoms. The zero-order valence-corrected chi connectivity index (χ0v) is 18.6. The first-order chi connectivity index (χ1) is 15.6. The van der Waals surface area contributed by atoms with Crippen molar-refractivity contribution in [3.8, 4) is 16.9 Å². The van der Waals surface area contributed by atoms with Gasteiger partial charge in [-0.3, -0.25) is 4.79 Å². The summed E-state index contributed by atoms with van der Waals surface area (Å²) in [5, 5.41) is 6.23. The molecule has 5 nitrogen and oxygen atoms in total. The van der Waals surface area contributed by atoms with Crippen LogP contribution in [-0.2, 0) is 9.53 Å². The standard InChI is InChI=1S/C27H27NO4/c1-18(13-27(29)28-11-6-12-30-2)22-15-23-24(17-32-26(23)16-25(22)31-3)21-10-9-19-7-4-5-8-20(19)14-21/h4-5,7-10,13-17H,6,11-12H2,1-3H3,(H,28,29)/b18-13+. The predicted molar refractivity (Wildman–Crippen MR) is 129 cm³/mol. The molecule has 1 aromatic heterocycles. The van der Waals surface area contributed by atoms with E-state index in [0.717, 1.165) is 39.7 Å². The third kappa shape index (κ3) is 4.53. The molecule has 0 radical (unpaired) electrons. The molecule has 0 aliphatic heterocycles. The summed E-state index contributed by atoms with van der Waals surface area (Å²) in [4.78, 5) is 12.3. The molecular formula is C27H27NO4. The molecule has 0 aliphatic carbocycles. The number of allylic oxidation sites excluding steroid dienone is 1. The average Bonchev–Trinajstić information content (AvgIpc) is 3.23. The second-order valence-corrected chi connectivity index (χ2v) is 7.72. The molecule has 1 amide bonds. The van der Waals surface area contributed by atoms with E-state index in [1.807, 2.05) is 31.2 Å². The summed E-state index contributed by atoms with van der Waals surface area (Å²) in [5.74, 6) is 0.528. The second kappa shape index (κ2) is 9.71. The summed E-state index contributed by atoms with van der Waals surface area (Å²) in [6.45, 7) is 3.10. The Labute approximate surface area is 187 Å². The van der Waals surface area contributed by atoms with Gasteiger partial charge in [-0.05, 0) is 47.4 Å². The number of carbonyl (C=O) groups excluding carboxylic acids is 1. The van der Waals surface area contributed by atoms with Gasteiger partial charge in [0.05, 0.1) is 13.4 Å². The number of benzene rings is 3. The topological polar surface area (TPSA) is 60.7 Å². The molecule has 0 spiro atoms. The van der Waals surface area contributed by atoms with E-state index >= 15 is 0 Å². The maximum atomic E-state index is 12.3. The molecule has 164 valence electrons. The van der Waals surface area contributed by atoms with Crippen molar-refractivity contribution >= 4 is 33.2 Å². The molecule has 0 fully saturated rings. The number of nitrogens with one attached hydrogen (secondary N) is 1. The number of carbonyl (C=O) groups is 1. The summed E-state index contributed by atoms with van der Waals surface area (Å²) < 4.78 is 16.5. The zero-order valence-electron chi connectivity index (χ0n) is 18.6. The van der Waals surface area contributed by atoms with Gasteiger partial charge in [0.15, 0.2) is 0 Å². The van der Waals surface area contributed by atoms with E-state index in [1.165, 1.54) is 10.8 Å². The van der Waals surface area contributed by atoms with E-state index < -0.39 is 0 Å². The third-order valence-electron chi connectivity index (χ3n) is 5.55. The third-order valence-corrected chi connectivity index (χ3v) is 5.55. The van der Waals surface area contributed by atoms with E-state index in [0.29, 0.717) is 18.9 Å². The predicted octanol–water partition coefficient (Wildman–Crippen LogP) is 5.82. The summed E-state index contributed by atoms with van der Waals surface area (Å²) in [6.07, 6.45) is 4.15. The molecule has 0 saturated heterocycles. The van der Waals surface area contributed by atoms with Crippen LogP contribution in [0.5, 0.6) is 5.75 Å². The van der Waals surface area contributed by atoms with Gasteiger partial charge in [0.2, 0.25) is 5.91 Å². The normalized spacial score (nSPS) is 11.8. The maximum Gasteiger partial charge on any atom is 0.244 e. The fraction of sp³-hybridized carbons (Fsp3) is 0.222. The van der Waals surface area contributed by atoms with Crippen LogP contribution in [0, 0.1) is 0 Å². The first kappa shape index (κ1) is 21.7. The van der Waals surface area contributed by atoms with Crippen LogP contribution in [0.4, 0.5) is 0 Å². The minimum atomic E-state index is -0.136. The number of furan rings is 1. The fourth-order valence-corrected chi connectivity index (χ4v) is 3.87. The molecule has 1 N–H and O–H groups in total. The minimum absolute atomic E-state index is 0.136. The SMILES string of the molecule is COCCCNC(=O)/C=C(\C)c1cc2c(-c3ccc4ccccc4c3)coc2cc1OC. The van der Waals surface area contributed by atoms with Crippen LogP contribution in [-0.4, -0.2) is 33.3 Å². The number of fused-ring (bicyclic) bond motifs is 2. The Balaban J connectivity index is 1.70. The van der Waals surface area contributed by atoms with Crippen LogP contribution in [0.15, 0.2) is 71.4 Å². The number of methoxy groups -OCH3 is 2. The number of hydrogen-bond donors (Lipinski definition) is 1. The summed E-state index contributed by atoms with van der Waals surface area (Å²) in [6, 6.07) is 18.6. The van der Waals surface area contributed by atoms with Crippen molar-refractivity contribution in [2.45, 2.75) is 13.3 Å². The molecule has 4 aromatic rings. The van der Waals surface area contributed by atoms with Crippen molar-refractivity contribution in [3.63, 3.8) is 0 Å². The molecular weight excluding hydrogens is 402 g/mol. The fourth-order valence-electron chi connectivity index (χ4n) is 3.87. The molecule has 0 saturated carbocycles. The molecule has 3 aromatic carbocycles. The lowest BCUT2D eigenvalue weighted by Gasteiger charge is -2.10. The number of hydrogen-bond acceptors (Lipinski definition) is 4. The van der Waals surface area contributed by atoms with Crippen molar-refractivity contribution in [2.75, 3.05) is 27.4 Å². The van der Waals surface area contributed by atoms with Gasteiger partial charge in [-0.25, -0.2) is 0 Å². The molecule has 0 bridgehead atoms. The largest absolute Gasteiger partial charge is 0.496 e. The Morgan fingerprint density at radius 1 is 1.06 bits per heavy atom. The highest BCUT2D eigenvalue weighted by molar-refractivity contribution is 6.01. The quantitative estimate of drug-likeness (QED) is 0.283. The average molecular weight is 430 g/mol. The van der Waals surface area contributed by atoms with Crippen molar-refractivity contribution in [3.05, 3.63) is 72.5 Å². The number of rotatable bonds is 8. The molecule has 0 unspecified atom stereocenters. The first-order valence-electron chi connectivity index (χ1n) is 10.6. The summed E-state index contributed by atoms with van der Waals surface area (Å²) >= 11 is 0. The van der Waals surface area contributed by atoms with Crippen LogP contribution in [0.25, 0.3) is 38.4 Å². The van der Waals surface area contributed by atoms with Crippen LogP contribution >= 0.6 is 0 Å². The lowest BCUT2D eigenvalue weighted by molar-refractivity contribution is -0.116. The van der Waals surface area contributed by atoms with Gasteiger partial charge < -0.3 is 19.2 Å². The number of ether oxygens (including phenoxy) is 2. The summed E-state index contributed by atoms with van der Waals surface area (Å²) in [7, 11) is 3.27. The van der Waals surface area contributed by atoms with Crippen molar-refractivity contribution in [1.82, 2.24) is 5.32 Å². The molecule has 1 heterocycles. The van der Waals surface area contributed by atoms with Crippen LogP contribution in [0.3, 0.4) is 0 Å². The zero-order chi connectivity index (χ0) is 22.5. The van der Waals surface area contributed by atoms with E-state index in [2.05, 4.69) is 35.6 Å². The van der Waals surface area contributed by atoms with Gasteiger partial charge in [-0.15, -0.1) is 0 Å². The molecule has 32 heavy (non-hydrogen) atoms. The first-order valence-corrected chi connectivity index (χ1v) is 10.6. The van der Waals surface area contributed by atoms with Crippen LogP contribution in [0.2, 0.25) is 0 Å². The van der Waals surface area contributed by atoms with E-state index in [1.54, 1.807) is 26.6 Å². The van der Waals surface area contributed by atoms with E-state index in [-0.39, 0.29) is 5.91 Å². The van der Waals surface area contributed by atoms with E-state index in [4.69, 9.17) is 13.9 Å². The Kier molecular flexibility index (Phi) is 6.57. The highest BCUT2D eigenvalue weighted by Crippen LogP contribution is 2.38. The molecule has 0 aliphatic rings. The van der Waals surface area contributed by atoms with E-state index in [9.17, 15) is 4.79 Å². The van der Waals surface area contributed by atoms with Gasteiger partial charge in [-0.2, -0.15) is 0 Å². The van der Waals surface area contributed by atoms with Gasteiger partial charge in [0.1, 0.15) is 11.3 Å². The van der Waals surface area contributed by atoms with Gasteiger partial charge in [0, 0.05) is 48.9 Å². The van der Waals surface area contributed by atoms with Gasteiger partial charge >= 0.3 is 0 Å². The van der Waals surface area contributed by atoms with Gasteiger partial charge in [-0.1, -0.05) is 36.4 Å². The Morgan fingerprint density at radius 2 is 1.88 bits per heavy atom.